The molecular weight excluding hydrogens is 615 g/mol. The van der Waals surface area contributed by atoms with E-state index in [-0.39, 0.29) is 0 Å². The smallest absolute Gasteiger partial charge is 0.164 e. The Morgan fingerprint density at radius 3 is 1.74 bits per heavy atom. The van der Waals surface area contributed by atoms with Crippen LogP contribution in [0.15, 0.2) is 168 Å². The van der Waals surface area contributed by atoms with E-state index in [4.69, 9.17) is 19.4 Å². The van der Waals surface area contributed by atoms with Crippen molar-refractivity contribution in [2.75, 3.05) is 0 Å². The van der Waals surface area contributed by atoms with Gasteiger partial charge in [0.05, 0.1) is 11.0 Å². The van der Waals surface area contributed by atoms with Gasteiger partial charge >= 0.3 is 0 Å². The summed E-state index contributed by atoms with van der Waals surface area (Å²) >= 11 is 0. The molecule has 0 spiro atoms. The maximum absolute atomic E-state index is 6.90. The summed E-state index contributed by atoms with van der Waals surface area (Å²) in [6.07, 6.45) is 3.62. The molecule has 4 aromatic heterocycles. The minimum Gasteiger partial charge on any atom is -0.455 e. The monoisotopic (exact) mass is 641 g/mol. The van der Waals surface area contributed by atoms with Crippen molar-refractivity contribution < 1.29 is 4.42 Å². The molecule has 0 aliphatic carbocycles. The number of fused-ring (bicyclic) bond motifs is 6. The van der Waals surface area contributed by atoms with E-state index in [1.54, 1.807) is 0 Å². The van der Waals surface area contributed by atoms with Gasteiger partial charge in [-0.2, -0.15) is 0 Å². The van der Waals surface area contributed by atoms with Gasteiger partial charge in [0.1, 0.15) is 11.2 Å². The van der Waals surface area contributed by atoms with Crippen LogP contribution in [0.3, 0.4) is 0 Å². The topological polar surface area (TPSA) is 69.6 Å². The quantitative estimate of drug-likeness (QED) is 0.187. The summed E-state index contributed by atoms with van der Waals surface area (Å²) < 4.78 is 9.23. The summed E-state index contributed by atoms with van der Waals surface area (Å²) in [6.45, 7) is 0. The van der Waals surface area contributed by atoms with Gasteiger partial charge < -0.3 is 8.98 Å². The van der Waals surface area contributed by atoms with Crippen LogP contribution in [-0.2, 0) is 0 Å². The minimum absolute atomic E-state index is 0.579. The van der Waals surface area contributed by atoms with Gasteiger partial charge in [0.15, 0.2) is 17.5 Å². The Hall–Kier alpha value is -6.92. The Kier molecular flexibility index (Phi) is 6.39. The summed E-state index contributed by atoms with van der Waals surface area (Å²) in [4.78, 5) is 19.5. The van der Waals surface area contributed by atoms with Gasteiger partial charge in [0.2, 0.25) is 0 Å². The molecule has 0 amide bonds. The number of pyridine rings is 1. The highest BCUT2D eigenvalue weighted by atomic mass is 16.3. The molecule has 0 bridgehead atoms. The first kappa shape index (κ1) is 28.1. The number of nitrogens with zero attached hydrogens (tertiary/aromatic N) is 5. The van der Waals surface area contributed by atoms with Crippen molar-refractivity contribution >= 4 is 43.7 Å². The van der Waals surface area contributed by atoms with E-state index in [1.165, 1.54) is 5.39 Å². The maximum Gasteiger partial charge on any atom is 0.164 e. The van der Waals surface area contributed by atoms with Crippen molar-refractivity contribution in [2.45, 2.75) is 0 Å². The summed E-state index contributed by atoms with van der Waals surface area (Å²) in [5, 5.41) is 4.23. The summed E-state index contributed by atoms with van der Waals surface area (Å²) in [7, 11) is 0. The van der Waals surface area contributed by atoms with Crippen molar-refractivity contribution in [2.24, 2.45) is 0 Å². The fourth-order valence-corrected chi connectivity index (χ4v) is 7.07. The van der Waals surface area contributed by atoms with Gasteiger partial charge in [-0.3, -0.25) is 4.98 Å². The summed E-state index contributed by atoms with van der Waals surface area (Å²) in [5.41, 5.74) is 9.61. The number of furan rings is 1. The SMILES string of the molecule is c1ccc(-c2nc(-c3ccccc3)nc(-c3ccc(-c4ccncc4)c4oc5cc6c7ccccc7n(-c7ccccc7)c6cc5c34)n2)cc1. The van der Waals surface area contributed by atoms with E-state index in [0.29, 0.717) is 17.5 Å². The molecule has 0 unspecified atom stereocenters. The zero-order valence-electron chi connectivity index (χ0n) is 26.7. The van der Waals surface area contributed by atoms with Crippen LogP contribution in [0.25, 0.3) is 94.7 Å². The predicted octanol–water partition coefficient (Wildman–Crippen LogP) is 10.9. The molecule has 0 saturated carbocycles. The maximum atomic E-state index is 6.90. The molecule has 0 fully saturated rings. The molecule has 4 heterocycles. The first-order chi connectivity index (χ1) is 24.8. The molecule has 6 aromatic carbocycles. The van der Waals surface area contributed by atoms with Crippen LogP contribution in [0, 0.1) is 0 Å². The van der Waals surface area contributed by atoms with Gasteiger partial charge in [0, 0.05) is 61.9 Å². The van der Waals surface area contributed by atoms with Gasteiger partial charge in [-0.1, -0.05) is 97.1 Å². The Morgan fingerprint density at radius 2 is 1.04 bits per heavy atom. The zero-order chi connectivity index (χ0) is 33.0. The molecule has 0 atom stereocenters. The van der Waals surface area contributed by atoms with E-state index in [2.05, 4.69) is 82.3 Å². The van der Waals surface area contributed by atoms with Crippen molar-refractivity contribution in [3.63, 3.8) is 0 Å². The third-order valence-corrected chi connectivity index (χ3v) is 9.36. The predicted molar refractivity (Wildman–Crippen MR) is 201 cm³/mol. The van der Waals surface area contributed by atoms with Crippen LogP contribution < -0.4 is 0 Å². The number of benzene rings is 6. The highest BCUT2D eigenvalue weighted by Gasteiger charge is 2.23. The molecule has 0 radical (unpaired) electrons. The lowest BCUT2D eigenvalue weighted by molar-refractivity contribution is 0.670. The molecular formula is C44H27N5O. The number of hydrogen-bond acceptors (Lipinski definition) is 5. The van der Waals surface area contributed by atoms with Crippen molar-refractivity contribution in [3.8, 4) is 51.0 Å². The molecule has 0 saturated heterocycles. The molecule has 0 N–H and O–H groups in total. The second-order valence-electron chi connectivity index (χ2n) is 12.3. The third-order valence-electron chi connectivity index (χ3n) is 9.36. The number of aromatic nitrogens is 5. The molecule has 6 heteroatoms. The Bertz CT molecular complexity index is 2790. The molecule has 10 aromatic rings. The summed E-state index contributed by atoms with van der Waals surface area (Å²) in [6, 6.07) is 51.9. The first-order valence-electron chi connectivity index (χ1n) is 16.6. The second kappa shape index (κ2) is 11.4. The molecule has 50 heavy (non-hydrogen) atoms. The van der Waals surface area contributed by atoms with Crippen molar-refractivity contribution in [3.05, 3.63) is 164 Å². The lowest BCUT2D eigenvalue weighted by Gasteiger charge is -2.11. The average molecular weight is 642 g/mol. The van der Waals surface area contributed by atoms with Crippen LogP contribution >= 0.6 is 0 Å². The van der Waals surface area contributed by atoms with Gasteiger partial charge in [-0.15, -0.1) is 0 Å². The van der Waals surface area contributed by atoms with E-state index in [1.807, 2.05) is 91.3 Å². The lowest BCUT2D eigenvalue weighted by Crippen LogP contribution is -2.00. The van der Waals surface area contributed by atoms with Crippen LogP contribution in [0.5, 0.6) is 0 Å². The van der Waals surface area contributed by atoms with Crippen molar-refractivity contribution in [1.82, 2.24) is 24.5 Å². The Labute approximate surface area is 287 Å². The summed E-state index contributed by atoms with van der Waals surface area (Å²) in [5.74, 6) is 1.80. The van der Waals surface area contributed by atoms with Crippen molar-refractivity contribution in [1.29, 1.82) is 0 Å². The Balaban J connectivity index is 1.32. The highest BCUT2D eigenvalue weighted by Crippen LogP contribution is 2.44. The van der Waals surface area contributed by atoms with Crippen LogP contribution in [0.1, 0.15) is 0 Å². The molecule has 10 rings (SSSR count). The molecule has 0 aliphatic heterocycles. The van der Waals surface area contributed by atoms with E-state index in [9.17, 15) is 0 Å². The largest absolute Gasteiger partial charge is 0.455 e. The van der Waals surface area contributed by atoms with Crippen LogP contribution in [0.4, 0.5) is 0 Å². The van der Waals surface area contributed by atoms with E-state index >= 15 is 0 Å². The fourth-order valence-electron chi connectivity index (χ4n) is 7.07. The van der Waals surface area contributed by atoms with Gasteiger partial charge in [-0.25, -0.2) is 15.0 Å². The molecule has 234 valence electrons. The molecule has 0 aliphatic rings. The fraction of sp³-hybridized carbons (Fsp3) is 0. The number of hydrogen-bond donors (Lipinski definition) is 0. The number of para-hydroxylation sites is 2. The number of rotatable bonds is 5. The Morgan fingerprint density at radius 1 is 0.440 bits per heavy atom. The minimum atomic E-state index is 0.579. The van der Waals surface area contributed by atoms with Gasteiger partial charge in [-0.05, 0) is 60.2 Å². The highest BCUT2D eigenvalue weighted by molar-refractivity contribution is 6.21. The normalized spacial score (nSPS) is 11.6. The van der Waals surface area contributed by atoms with Gasteiger partial charge in [0.25, 0.3) is 0 Å². The van der Waals surface area contributed by atoms with E-state index in [0.717, 1.165) is 71.9 Å². The standard InChI is InChI=1S/C44H27N5O/c1-4-12-29(13-5-1)42-46-43(30-14-6-2-7-15-30)48-44(47-42)34-21-20-32(28-22-24-45-25-23-28)41-40(34)36-26-38-35(27-39(36)50-41)33-18-10-11-19-37(33)49(38)31-16-8-3-9-17-31/h1-27H. The zero-order valence-corrected chi connectivity index (χ0v) is 26.7. The first-order valence-corrected chi connectivity index (χ1v) is 16.6. The van der Waals surface area contributed by atoms with Crippen LogP contribution in [-0.4, -0.2) is 24.5 Å². The molecule has 6 nitrogen and oxygen atoms in total. The lowest BCUT2D eigenvalue weighted by atomic mass is 9.98. The van der Waals surface area contributed by atoms with Crippen LogP contribution in [0.2, 0.25) is 0 Å². The average Bonchev–Trinajstić information content (AvgIpc) is 3.73. The second-order valence-corrected chi connectivity index (χ2v) is 12.3. The van der Waals surface area contributed by atoms with E-state index < -0.39 is 0 Å². The third kappa shape index (κ3) is 4.50.